The van der Waals surface area contributed by atoms with E-state index in [0.717, 1.165) is 0 Å². The summed E-state index contributed by atoms with van der Waals surface area (Å²) in [7, 11) is 1.43. The average Bonchev–Trinajstić information content (AvgIpc) is 2.84. The zero-order chi connectivity index (χ0) is 26.4. The molecule has 1 N–H and O–H groups in total. The SMILES string of the molecule is CCOC(=O)C1=C(C)NC(C)=C(C(=O)OCC)C1c1ccc(OC(=O)c2ccc(Cl)cc2)c(OC)c1. The van der Waals surface area contributed by atoms with Crippen LogP contribution in [0.4, 0.5) is 0 Å². The van der Waals surface area contributed by atoms with Gasteiger partial charge in [0.25, 0.3) is 0 Å². The number of hydrogen-bond donors (Lipinski definition) is 1. The number of benzene rings is 2. The predicted octanol–water partition coefficient (Wildman–Crippen LogP) is 4.93. The van der Waals surface area contributed by atoms with E-state index in [-0.39, 0.29) is 35.9 Å². The second-order valence-electron chi connectivity index (χ2n) is 7.88. The molecule has 9 heteroatoms. The molecule has 1 heterocycles. The van der Waals surface area contributed by atoms with Crippen LogP contribution in [-0.4, -0.2) is 38.2 Å². The third kappa shape index (κ3) is 5.71. The zero-order valence-electron chi connectivity index (χ0n) is 20.8. The van der Waals surface area contributed by atoms with Gasteiger partial charge in [0, 0.05) is 16.4 Å². The van der Waals surface area contributed by atoms with Crippen LogP contribution >= 0.6 is 11.6 Å². The van der Waals surface area contributed by atoms with Crippen molar-refractivity contribution in [2.45, 2.75) is 33.6 Å². The Morgan fingerprint density at radius 3 is 1.89 bits per heavy atom. The van der Waals surface area contributed by atoms with E-state index in [0.29, 0.717) is 27.5 Å². The summed E-state index contributed by atoms with van der Waals surface area (Å²) in [6.45, 7) is 7.23. The minimum absolute atomic E-state index is 0.169. The average molecular weight is 514 g/mol. The second-order valence-corrected chi connectivity index (χ2v) is 8.32. The topological polar surface area (TPSA) is 100 Å². The van der Waals surface area contributed by atoms with Crippen LogP contribution in [0, 0.1) is 0 Å². The molecule has 1 aliphatic heterocycles. The van der Waals surface area contributed by atoms with E-state index in [2.05, 4.69) is 5.32 Å². The minimum Gasteiger partial charge on any atom is -0.493 e. The molecule has 0 radical (unpaired) electrons. The Hall–Kier alpha value is -3.78. The summed E-state index contributed by atoms with van der Waals surface area (Å²) in [5, 5.41) is 3.59. The Bertz CT molecular complexity index is 1190. The normalized spacial score (nSPS) is 13.7. The second kappa shape index (κ2) is 11.8. The molecule has 1 aliphatic rings. The monoisotopic (exact) mass is 513 g/mol. The van der Waals surface area contributed by atoms with Crippen molar-refractivity contribution in [1.82, 2.24) is 5.32 Å². The molecule has 0 spiro atoms. The number of carbonyl (C=O) groups is 3. The quantitative estimate of drug-likeness (QED) is 0.392. The highest BCUT2D eigenvalue weighted by Crippen LogP contribution is 2.42. The summed E-state index contributed by atoms with van der Waals surface area (Å²) in [5.41, 5.74) is 2.54. The number of methoxy groups -OCH3 is 1. The van der Waals surface area contributed by atoms with Crippen LogP contribution in [0.1, 0.15) is 49.5 Å². The maximum Gasteiger partial charge on any atom is 0.343 e. The molecule has 0 atom stereocenters. The fraction of sp³-hybridized carbons (Fsp3) is 0.296. The van der Waals surface area contributed by atoms with Crippen molar-refractivity contribution in [3.63, 3.8) is 0 Å². The van der Waals surface area contributed by atoms with Crippen molar-refractivity contribution in [2.24, 2.45) is 0 Å². The Morgan fingerprint density at radius 2 is 1.39 bits per heavy atom. The van der Waals surface area contributed by atoms with Gasteiger partial charge in [0.05, 0.1) is 43.0 Å². The molecular weight excluding hydrogens is 486 g/mol. The van der Waals surface area contributed by atoms with Crippen molar-refractivity contribution in [1.29, 1.82) is 0 Å². The molecule has 0 aliphatic carbocycles. The van der Waals surface area contributed by atoms with Gasteiger partial charge < -0.3 is 24.3 Å². The first-order valence-electron chi connectivity index (χ1n) is 11.4. The van der Waals surface area contributed by atoms with Crippen molar-refractivity contribution in [3.8, 4) is 11.5 Å². The van der Waals surface area contributed by atoms with Crippen LogP contribution in [0.25, 0.3) is 0 Å². The number of dihydropyridines is 1. The minimum atomic E-state index is -0.792. The third-order valence-electron chi connectivity index (χ3n) is 5.55. The van der Waals surface area contributed by atoms with Crippen LogP contribution in [0.2, 0.25) is 5.02 Å². The van der Waals surface area contributed by atoms with Crippen LogP contribution < -0.4 is 14.8 Å². The highest BCUT2D eigenvalue weighted by atomic mass is 35.5. The lowest BCUT2D eigenvalue weighted by molar-refractivity contribution is -0.139. The third-order valence-corrected chi connectivity index (χ3v) is 5.81. The number of allylic oxidation sites excluding steroid dienone is 2. The molecule has 0 aromatic heterocycles. The van der Waals surface area contributed by atoms with Crippen LogP contribution in [-0.2, 0) is 19.1 Å². The largest absolute Gasteiger partial charge is 0.493 e. The summed E-state index contributed by atoms with van der Waals surface area (Å²) in [5.74, 6) is -2.08. The molecule has 190 valence electrons. The van der Waals surface area contributed by atoms with Crippen LogP contribution in [0.5, 0.6) is 11.5 Å². The van der Waals surface area contributed by atoms with Gasteiger partial charge in [0.2, 0.25) is 0 Å². The van der Waals surface area contributed by atoms with Gasteiger partial charge in [0.1, 0.15) is 0 Å². The first-order chi connectivity index (χ1) is 17.2. The molecular formula is C27H28ClNO7. The Labute approximate surface area is 214 Å². The summed E-state index contributed by atoms with van der Waals surface area (Å²) in [4.78, 5) is 38.6. The van der Waals surface area contributed by atoms with Crippen molar-refractivity contribution < 1.29 is 33.3 Å². The molecule has 8 nitrogen and oxygen atoms in total. The van der Waals surface area contributed by atoms with E-state index < -0.39 is 23.8 Å². The number of halogens is 1. The number of nitrogens with one attached hydrogen (secondary N) is 1. The van der Waals surface area contributed by atoms with Gasteiger partial charge in [-0.3, -0.25) is 0 Å². The van der Waals surface area contributed by atoms with E-state index in [4.69, 9.17) is 30.5 Å². The fourth-order valence-electron chi connectivity index (χ4n) is 3.98. The molecule has 0 unspecified atom stereocenters. The first-order valence-corrected chi connectivity index (χ1v) is 11.8. The number of carbonyl (C=O) groups excluding carboxylic acids is 3. The van der Waals surface area contributed by atoms with Crippen molar-refractivity contribution in [2.75, 3.05) is 20.3 Å². The molecule has 0 saturated carbocycles. The molecule has 36 heavy (non-hydrogen) atoms. The predicted molar refractivity (Wildman–Crippen MR) is 134 cm³/mol. The summed E-state index contributed by atoms with van der Waals surface area (Å²) >= 11 is 5.89. The standard InChI is InChI=1S/C27H28ClNO7/c1-6-34-26(31)22-15(3)29-16(4)23(27(32)35-7-2)24(22)18-10-13-20(21(14-18)33-5)36-25(30)17-8-11-19(28)12-9-17/h8-14,24,29H,6-7H2,1-5H3. The Morgan fingerprint density at radius 1 is 0.833 bits per heavy atom. The van der Waals surface area contributed by atoms with Gasteiger partial charge in [-0.2, -0.15) is 0 Å². The molecule has 3 rings (SSSR count). The summed E-state index contributed by atoms with van der Waals surface area (Å²) in [6, 6.07) is 11.1. The summed E-state index contributed by atoms with van der Waals surface area (Å²) < 4.78 is 21.6. The molecule has 0 bridgehead atoms. The van der Waals surface area contributed by atoms with Gasteiger partial charge in [-0.1, -0.05) is 17.7 Å². The van der Waals surface area contributed by atoms with E-state index in [1.54, 1.807) is 70.2 Å². The fourth-order valence-corrected chi connectivity index (χ4v) is 4.10. The number of ether oxygens (including phenoxy) is 4. The molecule has 2 aromatic carbocycles. The van der Waals surface area contributed by atoms with Gasteiger partial charge in [-0.25, -0.2) is 14.4 Å². The Kier molecular flexibility index (Phi) is 8.77. The van der Waals surface area contributed by atoms with Gasteiger partial charge >= 0.3 is 17.9 Å². The van der Waals surface area contributed by atoms with Gasteiger partial charge in [0.15, 0.2) is 11.5 Å². The molecule has 2 aromatic rings. The van der Waals surface area contributed by atoms with E-state index in [1.807, 2.05) is 0 Å². The Balaban J connectivity index is 2.06. The highest BCUT2D eigenvalue weighted by molar-refractivity contribution is 6.30. The first kappa shape index (κ1) is 26.8. The van der Waals surface area contributed by atoms with E-state index in [9.17, 15) is 14.4 Å². The van der Waals surface area contributed by atoms with Gasteiger partial charge in [-0.05, 0) is 69.7 Å². The molecule has 0 saturated heterocycles. The highest BCUT2D eigenvalue weighted by Gasteiger charge is 2.38. The van der Waals surface area contributed by atoms with Crippen molar-refractivity contribution in [3.05, 3.63) is 81.2 Å². The zero-order valence-corrected chi connectivity index (χ0v) is 21.5. The maximum atomic E-state index is 13.0. The van der Waals surface area contributed by atoms with Crippen LogP contribution in [0.15, 0.2) is 65.0 Å². The summed E-state index contributed by atoms with van der Waals surface area (Å²) in [6.07, 6.45) is 0. The lowest BCUT2D eigenvalue weighted by atomic mass is 9.80. The van der Waals surface area contributed by atoms with E-state index in [1.165, 1.54) is 7.11 Å². The number of rotatable bonds is 8. The van der Waals surface area contributed by atoms with Crippen LogP contribution in [0.3, 0.4) is 0 Å². The molecule has 0 amide bonds. The van der Waals surface area contributed by atoms with E-state index >= 15 is 0 Å². The van der Waals surface area contributed by atoms with Gasteiger partial charge in [-0.15, -0.1) is 0 Å². The van der Waals surface area contributed by atoms with Crippen molar-refractivity contribution >= 4 is 29.5 Å². The lowest BCUT2D eigenvalue weighted by Gasteiger charge is -2.30. The lowest BCUT2D eigenvalue weighted by Crippen LogP contribution is -2.32. The molecule has 0 fully saturated rings. The smallest absolute Gasteiger partial charge is 0.343 e. The maximum absolute atomic E-state index is 13.0. The number of esters is 3. The number of hydrogen-bond acceptors (Lipinski definition) is 8.